The summed E-state index contributed by atoms with van der Waals surface area (Å²) in [4.78, 5) is 8.66. The van der Waals surface area contributed by atoms with Gasteiger partial charge in [0.05, 0.1) is 5.56 Å². The van der Waals surface area contributed by atoms with Crippen LogP contribution in [0.1, 0.15) is 12.8 Å². The second-order valence-corrected chi connectivity index (χ2v) is 5.28. The van der Waals surface area contributed by atoms with E-state index < -0.39 is 0 Å². The summed E-state index contributed by atoms with van der Waals surface area (Å²) >= 11 is 0. The topological polar surface area (TPSA) is 63.8 Å². The number of nitrogens with zero attached hydrogens (tertiary/aromatic N) is 3. The van der Waals surface area contributed by atoms with E-state index in [2.05, 4.69) is 20.4 Å². The van der Waals surface area contributed by atoms with E-state index in [0.717, 1.165) is 11.4 Å². The van der Waals surface area contributed by atoms with Crippen LogP contribution in [0, 0.1) is 5.82 Å². The van der Waals surface area contributed by atoms with E-state index in [0.29, 0.717) is 23.3 Å². The molecule has 2 heterocycles. The van der Waals surface area contributed by atoms with Crippen molar-refractivity contribution >= 4 is 5.82 Å². The maximum Gasteiger partial charge on any atom is 0.259 e. The lowest BCUT2D eigenvalue weighted by atomic mass is 10.2. The average Bonchev–Trinajstić information content (AvgIpc) is 3.22. The monoisotopic (exact) mass is 296 g/mol. The number of rotatable bonds is 4. The Hall–Kier alpha value is -2.76. The van der Waals surface area contributed by atoms with Crippen LogP contribution in [0.4, 0.5) is 10.2 Å². The molecule has 1 aliphatic rings. The fraction of sp³-hybridized carbons (Fsp3) is 0.188. The third-order valence-corrected chi connectivity index (χ3v) is 3.47. The molecule has 4 rings (SSSR count). The van der Waals surface area contributed by atoms with Crippen LogP contribution >= 0.6 is 0 Å². The molecule has 2 aromatic heterocycles. The Balaban J connectivity index is 1.56. The van der Waals surface area contributed by atoms with Crippen LogP contribution in [-0.2, 0) is 0 Å². The lowest BCUT2D eigenvalue weighted by molar-refractivity contribution is 0.432. The molecule has 110 valence electrons. The van der Waals surface area contributed by atoms with Gasteiger partial charge in [-0.3, -0.25) is 0 Å². The van der Waals surface area contributed by atoms with Crippen molar-refractivity contribution in [1.82, 2.24) is 15.1 Å². The van der Waals surface area contributed by atoms with Gasteiger partial charge < -0.3 is 9.84 Å². The van der Waals surface area contributed by atoms with Crippen molar-refractivity contribution in [3.63, 3.8) is 0 Å². The summed E-state index contributed by atoms with van der Waals surface area (Å²) in [5, 5.41) is 7.24. The molecule has 0 unspecified atom stereocenters. The largest absolute Gasteiger partial charge is 0.367 e. The number of hydrogen-bond acceptors (Lipinski definition) is 5. The summed E-state index contributed by atoms with van der Waals surface area (Å²) < 4.78 is 18.2. The second kappa shape index (κ2) is 5.22. The zero-order valence-corrected chi connectivity index (χ0v) is 11.7. The summed E-state index contributed by atoms with van der Waals surface area (Å²) in [6.07, 6.45) is 4.11. The Kier molecular flexibility index (Phi) is 3.07. The van der Waals surface area contributed by atoms with E-state index in [9.17, 15) is 4.39 Å². The van der Waals surface area contributed by atoms with Crippen LogP contribution < -0.4 is 5.32 Å². The molecule has 1 aliphatic carbocycles. The molecule has 0 amide bonds. The lowest BCUT2D eigenvalue weighted by Crippen LogP contribution is -2.02. The van der Waals surface area contributed by atoms with Crippen molar-refractivity contribution in [2.75, 3.05) is 5.32 Å². The minimum Gasteiger partial charge on any atom is -0.367 e. The van der Waals surface area contributed by atoms with Gasteiger partial charge in [-0.1, -0.05) is 5.16 Å². The molecule has 1 fully saturated rings. The third-order valence-electron chi connectivity index (χ3n) is 3.47. The van der Waals surface area contributed by atoms with Crippen molar-refractivity contribution in [2.24, 2.45) is 0 Å². The van der Waals surface area contributed by atoms with Crippen LogP contribution in [0.2, 0.25) is 0 Å². The van der Waals surface area contributed by atoms with Crippen molar-refractivity contribution < 1.29 is 8.91 Å². The van der Waals surface area contributed by atoms with Gasteiger partial charge in [-0.2, -0.15) is 4.98 Å². The molecule has 22 heavy (non-hydrogen) atoms. The molecule has 0 bridgehead atoms. The van der Waals surface area contributed by atoms with E-state index >= 15 is 0 Å². The Labute approximate surface area is 126 Å². The van der Waals surface area contributed by atoms with Crippen molar-refractivity contribution in [3.05, 3.63) is 48.4 Å². The summed E-state index contributed by atoms with van der Waals surface area (Å²) in [7, 11) is 0. The zero-order chi connectivity index (χ0) is 14.9. The Morgan fingerprint density at radius 2 is 1.82 bits per heavy atom. The smallest absolute Gasteiger partial charge is 0.259 e. The third kappa shape index (κ3) is 2.67. The predicted molar refractivity (Wildman–Crippen MR) is 79.6 cm³/mol. The molecular weight excluding hydrogens is 283 g/mol. The first-order valence-corrected chi connectivity index (χ1v) is 7.10. The van der Waals surface area contributed by atoms with Gasteiger partial charge in [-0.25, -0.2) is 9.37 Å². The first kappa shape index (κ1) is 12.9. The summed E-state index contributed by atoms with van der Waals surface area (Å²) in [5.74, 6) is 1.37. The molecule has 3 aromatic rings. The van der Waals surface area contributed by atoms with Gasteiger partial charge in [0, 0.05) is 17.8 Å². The van der Waals surface area contributed by atoms with Crippen molar-refractivity contribution in [3.8, 4) is 22.8 Å². The Morgan fingerprint density at radius 1 is 1.05 bits per heavy atom. The van der Waals surface area contributed by atoms with Gasteiger partial charge in [0.2, 0.25) is 5.82 Å². The Bertz CT molecular complexity index is 779. The van der Waals surface area contributed by atoms with Gasteiger partial charge in [0.1, 0.15) is 11.6 Å². The van der Waals surface area contributed by atoms with Crippen LogP contribution in [-0.4, -0.2) is 21.2 Å². The van der Waals surface area contributed by atoms with Gasteiger partial charge in [-0.15, -0.1) is 0 Å². The standard InChI is InChI=1S/C16H13FN4O/c17-12-4-1-10(2-5-12)15-20-16(22-21-15)11-3-8-14(18-9-11)19-13-6-7-13/h1-5,8-9,13H,6-7H2,(H,18,19). The summed E-state index contributed by atoms with van der Waals surface area (Å²) in [6, 6.07) is 10.3. The highest BCUT2D eigenvalue weighted by molar-refractivity contribution is 5.60. The second-order valence-electron chi connectivity index (χ2n) is 5.28. The SMILES string of the molecule is Fc1ccc(-c2noc(-c3ccc(NC4CC4)nc3)n2)cc1. The molecule has 0 atom stereocenters. The zero-order valence-electron chi connectivity index (χ0n) is 11.7. The normalized spacial score (nSPS) is 14.0. The fourth-order valence-electron chi connectivity index (χ4n) is 2.10. The molecular formula is C16H13FN4O. The van der Waals surface area contributed by atoms with E-state index in [1.54, 1.807) is 18.3 Å². The Morgan fingerprint density at radius 3 is 2.50 bits per heavy atom. The molecule has 6 heteroatoms. The highest BCUT2D eigenvalue weighted by atomic mass is 19.1. The van der Waals surface area contributed by atoms with E-state index in [4.69, 9.17) is 4.52 Å². The van der Waals surface area contributed by atoms with E-state index in [1.807, 2.05) is 12.1 Å². The number of aromatic nitrogens is 3. The minimum absolute atomic E-state index is 0.296. The van der Waals surface area contributed by atoms with Gasteiger partial charge in [-0.05, 0) is 49.2 Å². The van der Waals surface area contributed by atoms with Crippen molar-refractivity contribution in [2.45, 2.75) is 18.9 Å². The highest BCUT2D eigenvalue weighted by Crippen LogP contribution is 2.25. The fourth-order valence-corrected chi connectivity index (χ4v) is 2.10. The summed E-state index contributed by atoms with van der Waals surface area (Å²) in [5.41, 5.74) is 1.46. The summed E-state index contributed by atoms with van der Waals surface area (Å²) in [6.45, 7) is 0. The average molecular weight is 296 g/mol. The van der Waals surface area contributed by atoms with Crippen molar-refractivity contribution in [1.29, 1.82) is 0 Å². The first-order chi connectivity index (χ1) is 10.8. The maximum absolute atomic E-state index is 12.9. The minimum atomic E-state index is -0.296. The van der Waals surface area contributed by atoms with E-state index in [1.165, 1.54) is 25.0 Å². The number of pyridine rings is 1. The van der Waals surface area contributed by atoms with Crippen LogP contribution in [0.3, 0.4) is 0 Å². The lowest BCUT2D eigenvalue weighted by Gasteiger charge is -2.02. The van der Waals surface area contributed by atoms with E-state index in [-0.39, 0.29) is 5.82 Å². The number of anilines is 1. The molecule has 1 saturated carbocycles. The number of nitrogens with one attached hydrogen (secondary N) is 1. The van der Waals surface area contributed by atoms with Crippen LogP contribution in [0.25, 0.3) is 22.8 Å². The quantitative estimate of drug-likeness (QED) is 0.798. The van der Waals surface area contributed by atoms with Gasteiger partial charge >= 0.3 is 0 Å². The van der Waals surface area contributed by atoms with Crippen LogP contribution in [0.15, 0.2) is 47.1 Å². The molecule has 0 spiro atoms. The molecule has 0 aliphatic heterocycles. The molecule has 1 aromatic carbocycles. The van der Waals surface area contributed by atoms with Crippen LogP contribution in [0.5, 0.6) is 0 Å². The highest BCUT2D eigenvalue weighted by Gasteiger charge is 2.21. The molecule has 1 N–H and O–H groups in total. The van der Waals surface area contributed by atoms with Gasteiger partial charge in [0.15, 0.2) is 0 Å². The number of benzene rings is 1. The molecule has 5 nitrogen and oxygen atoms in total. The number of hydrogen-bond donors (Lipinski definition) is 1. The molecule has 0 radical (unpaired) electrons. The maximum atomic E-state index is 12.9. The number of halogens is 1. The predicted octanol–water partition coefficient (Wildman–Crippen LogP) is 3.51. The van der Waals surface area contributed by atoms with Gasteiger partial charge in [0.25, 0.3) is 5.89 Å². The first-order valence-electron chi connectivity index (χ1n) is 7.10. The molecule has 0 saturated heterocycles.